The molecule has 1 aromatic heterocycles. The Kier molecular flexibility index (Phi) is 25.2. The van der Waals surface area contributed by atoms with Gasteiger partial charge in [-0.3, -0.25) is 0 Å². The van der Waals surface area contributed by atoms with Gasteiger partial charge in [-0.25, -0.2) is 15.0 Å². The van der Waals surface area contributed by atoms with Crippen molar-refractivity contribution in [1.29, 1.82) is 0 Å². The van der Waals surface area contributed by atoms with Crippen LogP contribution in [0.2, 0.25) is 0 Å². The third kappa shape index (κ3) is 19.8. The molecule has 4 N–H and O–H groups in total. The van der Waals surface area contributed by atoms with E-state index in [1.54, 1.807) is 24.3 Å². The van der Waals surface area contributed by atoms with E-state index in [9.17, 15) is 20.4 Å². The van der Waals surface area contributed by atoms with Gasteiger partial charge in [-0.2, -0.15) is 0 Å². The lowest BCUT2D eigenvalue weighted by molar-refractivity contribution is 0.0109. The van der Waals surface area contributed by atoms with E-state index < -0.39 is 12.2 Å². The van der Waals surface area contributed by atoms with E-state index >= 15 is 0 Å². The lowest BCUT2D eigenvalue weighted by Gasteiger charge is -2.15. The molecule has 2 atom stereocenters. The topological polar surface area (TPSA) is 157 Å². The van der Waals surface area contributed by atoms with Crippen LogP contribution in [0.5, 0.6) is 23.0 Å². The third-order valence-corrected chi connectivity index (χ3v) is 11.5. The van der Waals surface area contributed by atoms with E-state index in [0.29, 0.717) is 41.7 Å². The molecule has 0 aliphatic carbocycles. The predicted molar refractivity (Wildman–Crippen MR) is 257 cm³/mol. The fraction of sp³-hybridized carbons (Fsp3) is 0.604. The predicted octanol–water partition coefficient (Wildman–Crippen LogP) is 12.3. The summed E-state index contributed by atoms with van der Waals surface area (Å²) >= 11 is 0. The highest BCUT2D eigenvalue weighted by Gasteiger charge is 2.19. The monoisotopic (exact) mass is 886 g/mol. The second-order valence-electron chi connectivity index (χ2n) is 17.4. The number of aryl methyl sites for hydroxylation is 2. The van der Waals surface area contributed by atoms with E-state index in [2.05, 4.69) is 13.8 Å². The number of benzene rings is 3. The SMILES string of the molecule is CCCCCCCCCCCCOCC(O)COc1ccc(-c2nc(-c3ccc(C)cc3C)nc(-c3ccc(OCC(O)COCCCCCCCCCCCC)cc3O)n2)c(O)c1. The minimum absolute atomic E-state index is 0.00867. The number of rotatable bonds is 35. The number of unbranched alkanes of at least 4 members (excludes halogenated alkanes) is 18. The number of hydrogen-bond acceptors (Lipinski definition) is 11. The van der Waals surface area contributed by atoms with Crippen molar-refractivity contribution in [3.8, 4) is 57.2 Å². The molecular formula is C53H79N3O8. The summed E-state index contributed by atoms with van der Waals surface area (Å²) < 4.78 is 23.0. The summed E-state index contributed by atoms with van der Waals surface area (Å²) in [6.07, 6.45) is 23.5. The van der Waals surface area contributed by atoms with E-state index in [1.165, 1.54) is 115 Å². The average molecular weight is 886 g/mol. The van der Waals surface area contributed by atoms with Crippen molar-refractivity contribution in [3.05, 3.63) is 65.7 Å². The van der Waals surface area contributed by atoms with Gasteiger partial charge in [0, 0.05) is 30.9 Å². The molecule has 0 amide bonds. The van der Waals surface area contributed by atoms with Crippen molar-refractivity contribution >= 4 is 0 Å². The van der Waals surface area contributed by atoms with Gasteiger partial charge in [-0.1, -0.05) is 153 Å². The Morgan fingerprint density at radius 2 is 0.797 bits per heavy atom. The van der Waals surface area contributed by atoms with Gasteiger partial charge in [0.15, 0.2) is 17.5 Å². The number of aliphatic hydroxyl groups is 2. The van der Waals surface area contributed by atoms with Crippen LogP contribution in [0.1, 0.15) is 153 Å². The Balaban J connectivity index is 1.29. The maximum absolute atomic E-state index is 11.2. The second kappa shape index (κ2) is 30.8. The lowest BCUT2D eigenvalue weighted by atomic mass is 10.0. The highest BCUT2D eigenvalue weighted by Crippen LogP contribution is 2.36. The molecule has 11 heteroatoms. The molecule has 0 fully saturated rings. The van der Waals surface area contributed by atoms with Crippen LogP contribution in [0, 0.1) is 13.8 Å². The number of phenols is 2. The summed E-state index contributed by atoms with van der Waals surface area (Å²) in [5.74, 6) is 1.28. The number of aromatic nitrogens is 3. The standard InChI is InChI=1S/C53H79N3O8/c1-5-7-9-11-13-15-17-19-21-23-31-61-36-42(57)38-63-44-26-29-47(49(59)34-44)52-54-51(46-28-25-40(3)33-41(46)4)55-53(56-52)48-30-27-45(35-50(48)60)64-39-43(58)37-62-32-24-22-20-18-16-14-12-10-8-6-2/h25-30,33-35,42-43,57-60H,5-24,31-32,36-39H2,1-4H3. The van der Waals surface area contributed by atoms with Crippen molar-refractivity contribution in [1.82, 2.24) is 15.0 Å². The van der Waals surface area contributed by atoms with Gasteiger partial charge in [0.25, 0.3) is 0 Å². The zero-order valence-electron chi connectivity index (χ0n) is 39.5. The smallest absolute Gasteiger partial charge is 0.167 e. The molecule has 0 aliphatic rings. The average Bonchev–Trinajstić information content (AvgIpc) is 3.28. The number of aliphatic hydroxyl groups excluding tert-OH is 2. The zero-order chi connectivity index (χ0) is 45.8. The van der Waals surface area contributed by atoms with Gasteiger partial charge in [-0.15, -0.1) is 0 Å². The first-order valence-electron chi connectivity index (χ1n) is 24.5. The van der Waals surface area contributed by atoms with Crippen molar-refractivity contribution in [3.63, 3.8) is 0 Å². The van der Waals surface area contributed by atoms with E-state index in [1.807, 2.05) is 32.0 Å². The zero-order valence-corrected chi connectivity index (χ0v) is 39.5. The molecule has 11 nitrogen and oxygen atoms in total. The molecular weight excluding hydrogens is 807 g/mol. The fourth-order valence-corrected chi connectivity index (χ4v) is 7.69. The minimum atomic E-state index is -0.816. The Morgan fingerprint density at radius 3 is 1.17 bits per heavy atom. The number of phenolic OH excluding ortho intramolecular Hbond substituents is 2. The van der Waals surface area contributed by atoms with Crippen LogP contribution in [-0.2, 0) is 9.47 Å². The summed E-state index contributed by atoms with van der Waals surface area (Å²) in [4.78, 5) is 14.2. The van der Waals surface area contributed by atoms with Crippen LogP contribution < -0.4 is 9.47 Å². The molecule has 0 bridgehead atoms. The van der Waals surface area contributed by atoms with Gasteiger partial charge in [-0.05, 0) is 56.5 Å². The summed E-state index contributed by atoms with van der Waals surface area (Å²) in [7, 11) is 0. The Morgan fingerprint density at radius 1 is 0.438 bits per heavy atom. The minimum Gasteiger partial charge on any atom is -0.507 e. The maximum Gasteiger partial charge on any atom is 0.167 e. The van der Waals surface area contributed by atoms with Gasteiger partial charge in [0.1, 0.15) is 48.4 Å². The van der Waals surface area contributed by atoms with Gasteiger partial charge in [0.05, 0.1) is 24.3 Å². The summed E-state index contributed by atoms with van der Waals surface area (Å²) in [6.45, 7) is 10.1. The molecule has 0 radical (unpaired) electrons. The van der Waals surface area contributed by atoms with Crippen LogP contribution >= 0.6 is 0 Å². The normalized spacial score (nSPS) is 12.4. The molecule has 1 heterocycles. The Hall–Kier alpha value is -4.29. The van der Waals surface area contributed by atoms with Gasteiger partial charge in [0.2, 0.25) is 0 Å². The molecule has 4 aromatic rings. The molecule has 4 rings (SSSR count). The molecule has 0 aliphatic heterocycles. The van der Waals surface area contributed by atoms with Crippen molar-refractivity contribution in [2.45, 2.75) is 168 Å². The van der Waals surface area contributed by atoms with Crippen LogP contribution in [0.15, 0.2) is 54.6 Å². The van der Waals surface area contributed by atoms with Gasteiger partial charge >= 0.3 is 0 Å². The van der Waals surface area contributed by atoms with Crippen LogP contribution in [0.4, 0.5) is 0 Å². The summed E-state index contributed by atoms with van der Waals surface area (Å²) in [6, 6.07) is 15.6. The Labute approximate surface area is 384 Å². The highest BCUT2D eigenvalue weighted by molar-refractivity contribution is 5.73. The first-order chi connectivity index (χ1) is 31.2. The van der Waals surface area contributed by atoms with Crippen LogP contribution in [0.3, 0.4) is 0 Å². The first kappa shape index (κ1) is 52.3. The first-order valence-corrected chi connectivity index (χ1v) is 24.5. The third-order valence-electron chi connectivity index (χ3n) is 11.5. The molecule has 0 saturated heterocycles. The number of hydrogen-bond donors (Lipinski definition) is 4. The largest absolute Gasteiger partial charge is 0.507 e. The molecule has 64 heavy (non-hydrogen) atoms. The highest BCUT2D eigenvalue weighted by atomic mass is 16.5. The van der Waals surface area contributed by atoms with Crippen molar-refractivity contribution in [2.75, 3.05) is 39.6 Å². The quantitative estimate of drug-likeness (QED) is 0.0326. The maximum atomic E-state index is 11.2. The molecule has 2 unspecified atom stereocenters. The van der Waals surface area contributed by atoms with Gasteiger partial charge < -0.3 is 39.4 Å². The molecule has 0 spiro atoms. The Bertz CT molecular complexity index is 1790. The van der Waals surface area contributed by atoms with Crippen molar-refractivity contribution < 1.29 is 39.4 Å². The summed E-state index contributed by atoms with van der Waals surface area (Å²) in [5.41, 5.74) is 3.51. The van der Waals surface area contributed by atoms with Crippen LogP contribution in [0.25, 0.3) is 34.2 Å². The summed E-state index contributed by atoms with van der Waals surface area (Å²) in [5, 5.41) is 43.4. The number of nitrogens with zero attached hydrogens (tertiary/aromatic N) is 3. The van der Waals surface area contributed by atoms with Crippen LogP contribution in [-0.4, -0.2) is 87.2 Å². The van der Waals surface area contributed by atoms with Crippen molar-refractivity contribution in [2.24, 2.45) is 0 Å². The number of ether oxygens (including phenoxy) is 4. The second-order valence-corrected chi connectivity index (χ2v) is 17.4. The molecule has 3 aromatic carbocycles. The molecule has 0 saturated carbocycles. The van der Waals surface area contributed by atoms with E-state index in [0.717, 1.165) is 42.4 Å². The van der Waals surface area contributed by atoms with E-state index in [-0.39, 0.29) is 49.6 Å². The van der Waals surface area contributed by atoms with E-state index in [4.69, 9.17) is 33.9 Å². The fourth-order valence-electron chi connectivity index (χ4n) is 7.69. The molecule has 354 valence electrons. The lowest BCUT2D eigenvalue weighted by Crippen LogP contribution is -2.23. The number of aromatic hydroxyl groups is 2.